The van der Waals surface area contributed by atoms with Crippen LogP contribution in [0.5, 0.6) is 0 Å². The van der Waals surface area contributed by atoms with Crippen molar-refractivity contribution in [2.75, 3.05) is 36.5 Å². The van der Waals surface area contributed by atoms with Crippen LogP contribution in [0.2, 0.25) is 0 Å². The van der Waals surface area contributed by atoms with Gasteiger partial charge in [-0.05, 0) is 62.2 Å². The predicted octanol–water partition coefficient (Wildman–Crippen LogP) is 3.70. The molecule has 0 aliphatic carbocycles. The fourth-order valence-corrected chi connectivity index (χ4v) is 4.11. The molecule has 3 rings (SSSR count). The Morgan fingerprint density at radius 1 is 1.24 bits per heavy atom. The normalized spacial score (nSPS) is 15.4. The van der Waals surface area contributed by atoms with E-state index in [0.29, 0.717) is 23.8 Å². The summed E-state index contributed by atoms with van der Waals surface area (Å²) in [4.78, 5) is 19.2. The summed E-state index contributed by atoms with van der Waals surface area (Å²) in [6.07, 6.45) is -1.62. The summed E-state index contributed by atoms with van der Waals surface area (Å²) in [7, 11) is 0. The number of nitrogens with one attached hydrogen (secondary N) is 2. The number of amides is 1. The third-order valence-corrected chi connectivity index (χ3v) is 6.05. The zero-order chi connectivity index (χ0) is 27.0. The highest BCUT2D eigenvalue weighted by molar-refractivity contribution is 6.25. The van der Waals surface area contributed by atoms with Gasteiger partial charge in [0.1, 0.15) is 6.07 Å². The SMILES string of the molecule is CC(=Nc1ccc(C(F)(F)F)cc1)C(=CN)C(=O)Nc1ccc(N2CCC(NCCO)CC2)c(C#N)c1. The Balaban J connectivity index is 1.69. The molecule has 5 N–H and O–H groups in total. The third kappa shape index (κ3) is 7.31. The Morgan fingerprint density at radius 2 is 1.92 bits per heavy atom. The Kier molecular flexibility index (Phi) is 9.27. The number of anilines is 2. The van der Waals surface area contributed by atoms with Crippen LogP contribution in [0.4, 0.5) is 30.2 Å². The fraction of sp³-hybridized carbons (Fsp3) is 0.346. The van der Waals surface area contributed by atoms with Crippen molar-refractivity contribution in [1.82, 2.24) is 5.32 Å². The zero-order valence-corrected chi connectivity index (χ0v) is 20.3. The molecular weight excluding hydrogens is 485 g/mol. The van der Waals surface area contributed by atoms with E-state index in [1.807, 2.05) is 0 Å². The number of nitrogens with two attached hydrogens (primary N) is 1. The van der Waals surface area contributed by atoms with Crippen LogP contribution in [-0.2, 0) is 11.0 Å². The number of carbonyl (C=O) groups is 1. The van der Waals surface area contributed by atoms with Gasteiger partial charge in [0.2, 0.25) is 0 Å². The second-order valence-corrected chi connectivity index (χ2v) is 8.56. The number of nitriles is 1. The van der Waals surface area contributed by atoms with Crippen molar-refractivity contribution in [3.05, 3.63) is 65.4 Å². The molecule has 1 saturated heterocycles. The van der Waals surface area contributed by atoms with Gasteiger partial charge in [-0.1, -0.05) is 0 Å². The van der Waals surface area contributed by atoms with Crippen molar-refractivity contribution >= 4 is 28.7 Å². The van der Waals surface area contributed by atoms with Gasteiger partial charge < -0.3 is 26.4 Å². The number of aliphatic hydroxyl groups is 1. The molecular formula is C26H29F3N6O2. The molecule has 0 bridgehead atoms. The van der Waals surface area contributed by atoms with Gasteiger partial charge in [0, 0.05) is 37.6 Å². The maximum atomic E-state index is 12.9. The van der Waals surface area contributed by atoms with Crippen LogP contribution < -0.4 is 21.3 Å². The average molecular weight is 515 g/mol. The molecule has 0 spiro atoms. The summed E-state index contributed by atoms with van der Waals surface area (Å²) in [5, 5.41) is 24.7. The summed E-state index contributed by atoms with van der Waals surface area (Å²) in [5.74, 6) is -0.567. The number of halogens is 3. The molecule has 0 saturated carbocycles. The summed E-state index contributed by atoms with van der Waals surface area (Å²) in [6.45, 7) is 3.68. The Morgan fingerprint density at radius 3 is 2.49 bits per heavy atom. The van der Waals surface area contributed by atoms with E-state index in [1.165, 1.54) is 19.1 Å². The van der Waals surface area contributed by atoms with E-state index in [9.17, 15) is 23.2 Å². The molecule has 1 fully saturated rings. The maximum Gasteiger partial charge on any atom is 0.416 e. The summed E-state index contributed by atoms with van der Waals surface area (Å²) in [5.41, 5.74) is 6.93. The predicted molar refractivity (Wildman–Crippen MR) is 137 cm³/mol. The molecule has 11 heteroatoms. The molecule has 37 heavy (non-hydrogen) atoms. The molecule has 1 aliphatic heterocycles. The van der Waals surface area contributed by atoms with Crippen molar-refractivity contribution in [1.29, 1.82) is 5.26 Å². The van der Waals surface area contributed by atoms with E-state index in [1.54, 1.807) is 18.2 Å². The lowest BCUT2D eigenvalue weighted by molar-refractivity contribution is -0.137. The first-order chi connectivity index (χ1) is 17.7. The number of hydrogen-bond donors (Lipinski definition) is 4. The average Bonchev–Trinajstić information content (AvgIpc) is 2.88. The van der Waals surface area contributed by atoms with E-state index >= 15 is 0 Å². The van der Waals surface area contributed by atoms with Gasteiger partial charge in [-0.25, -0.2) is 0 Å². The lowest BCUT2D eigenvalue weighted by Crippen LogP contribution is -2.43. The van der Waals surface area contributed by atoms with Gasteiger partial charge in [-0.2, -0.15) is 18.4 Å². The van der Waals surface area contributed by atoms with E-state index in [4.69, 9.17) is 10.8 Å². The quantitative estimate of drug-likeness (QED) is 0.314. The number of carbonyl (C=O) groups excluding carboxylic acids is 1. The summed E-state index contributed by atoms with van der Waals surface area (Å²) < 4.78 is 38.3. The molecule has 196 valence electrons. The molecule has 8 nitrogen and oxygen atoms in total. The molecule has 1 heterocycles. The second-order valence-electron chi connectivity index (χ2n) is 8.56. The fourth-order valence-electron chi connectivity index (χ4n) is 4.11. The highest BCUT2D eigenvalue weighted by atomic mass is 19.4. The zero-order valence-electron chi connectivity index (χ0n) is 20.3. The number of aliphatic imine (C=N–C) groups is 1. The van der Waals surface area contributed by atoms with Crippen molar-refractivity contribution < 1.29 is 23.1 Å². The molecule has 1 aliphatic rings. The Hall–Kier alpha value is -3.88. The minimum absolute atomic E-state index is 0.0416. The van der Waals surface area contributed by atoms with Gasteiger partial charge >= 0.3 is 6.18 Å². The first-order valence-corrected chi connectivity index (χ1v) is 11.8. The minimum atomic E-state index is -4.45. The lowest BCUT2D eigenvalue weighted by atomic mass is 10.0. The molecule has 0 aromatic heterocycles. The van der Waals surface area contributed by atoms with Gasteiger partial charge in [0.05, 0.1) is 40.4 Å². The van der Waals surface area contributed by atoms with Crippen LogP contribution in [0, 0.1) is 11.3 Å². The van der Waals surface area contributed by atoms with Crippen molar-refractivity contribution in [3.8, 4) is 6.07 Å². The highest BCUT2D eigenvalue weighted by Gasteiger charge is 2.30. The van der Waals surface area contributed by atoms with Crippen LogP contribution in [0.1, 0.15) is 30.9 Å². The third-order valence-electron chi connectivity index (χ3n) is 6.05. The van der Waals surface area contributed by atoms with Gasteiger partial charge in [0.25, 0.3) is 5.91 Å². The first kappa shape index (κ1) is 27.7. The van der Waals surface area contributed by atoms with Gasteiger partial charge in [-0.3, -0.25) is 9.79 Å². The number of piperidine rings is 1. The summed E-state index contributed by atoms with van der Waals surface area (Å²) >= 11 is 0. The topological polar surface area (TPSA) is 127 Å². The number of alkyl halides is 3. The number of aliphatic hydroxyl groups excluding tert-OH is 1. The number of rotatable bonds is 8. The second kappa shape index (κ2) is 12.4. The largest absolute Gasteiger partial charge is 0.416 e. The van der Waals surface area contributed by atoms with Crippen LogP contribution in [-0.4, -0.2) is 49.0 Å². The monoisotopic (exact) mass is 514 g/mol. The van der Waals surface area contributed by atoms with E-state index < -0.39 is 17.6 Å². The summed E-state index contributed by atoms with van der Waals surface area (Å²) in [6, 6.07) is 11.8. The Bertz CT molecular complexity index is 1190. The number of hydrogen-bond acceptors (Lipinski definition) is 7. The first-order valence-electron chi connectivity index (χ1n) is 11.8. The van der Waals surface area contributed by atoms with E-state index in [0.717, 1.165) is 50.0 Å². The molecule has 2 aromatic carbocycles. The molecule has 0 radical (unpaired) electrons. The Labute approximate surface area is 213 Å². The number of benzene rings is 2. The van der Waals surface area contributed by atoms with Crippen molar-refractivity contribution in [2.24, 2.45) is 10.7 Å². The molecule has 2 aromatic rings. The molecule has 0 unspecified atom stereocenters. The number of nitrogens with zero attached hydrogens (tertiary/aromatic N) is 3. The molecule has 1 amide bonds. The van der Waals surface area contributed by atoms with Gasteiger partial charge in [0.15, 0.2) is 0 Å². The van der Waals surface area contributed by atoms with Crippen molar-refractivity contribution in [2.45, 2.75) is 32.0 Å². The van der Waals surface area contributed by atoms with Crippen LogP contribution in [0.15, 0.2) is 59.2 Å². The lowest BCUT2D eigenvalue weighted by Gasteiger charge is -2.34. The van der Waals surface area contributed by atoms with Crippen LogP contribution in [0.25, 0.3) is 0 Å². The maximum absolute atomic E-state index is 12.9. The van der Waals surface area contributed by atoms with Crippen molar-refractivity contribution in [3.63, 3.8) is 0 Å². The smallest absolute Gasteiger partial charge is 0.404 e. The molecule has 0 atom stereocenters. The van der Waals surface area contributed by atoms with E-state index in [2.05, 4.69) is 26.6 Å². The van der Waals surface area contributed by atoms with Gasteiger partial charge in [-0.15, -0.1) is 0 Å². The standard InChI is InChI=1S/C26H29F3N6O2/c1-17(33-21-4-2-19(3-5-21)26(27,28)29)23(16-31)25(37)34-22-6-7-24(18(14-22)15-30)35-11-8-20(9-12-35)32-10-13-36/h2-7,14,16,20,32,36H,8-13,31H2,1H3,(H,34,37). The highest BCUT2D eigenvalue weighted by Crippen LogP contribution is 2.31. The minimum Gasteiger partial charge on any atom is -0.404 e. The van der Waals surface area contributed by atoms with E-state index in [-0.39, 0.29) is 23.6 Å². The van der Waals surface area contributed by atoms with Crippen LogP contribution in [0.3, 0.4) is 0 Å². The van der Waals surface area contributed by atoms with Crippen LogP contribution >= 0.6 is 0 Å².